The molecular weight excluding hydrogens is 420 g/mol. The third kappa shape index (κ3) is 6.45. The van der Waals surface area contributed by atoms with Crippen molar-refractivity contribution >= 4 is 40.9 Å². The number of aromatic nitrogens is 1. The summed E-state index contributed by atoms with van der Waals surface area (Å²) in [6.45, 7) is 2.87. The molecule has 1 aromatic heterocycles. The highest BCUT2D eigenvalue weighted by Crippen LogP contribution is 2.19. The van der Waals surface area contributed by atoms with E-state index in [0.29, 0.717) is 11.4 Å². The molecule has 32 heavy (non-hydrogen) atoms. The quantitative estimate of drug-likeness (QED) is 0.320. The minimum absolute atomic E-state index is 0.00995. The second-order valence-corrected chi connectivity index (χ2v) is 7.21. The van der Waals surface area contributed by atoms with Gasteiger partial charge in [-0.25, -0.2) is 14.8 Å². The van der Waals surface area contributed by atoms with E-state index in [4.69, 9.17) is 11.1 Å². The number of aliphatic imine (C=N–C) groups is 1. The van der Waals surface area contributed by atoms with Gasteiger partial charge in [0.15, 0.2) is 5.84 Å². The van der Waals surface area contributed by atoms with Crippen LogP contribution in [0.2, 0.25) is 0 Å². The van der Waals surface area contributed by atoms with Gasteiger partial charge in [0.2, 0.25) is 5.91 Å². The van der Waals surface area contributed by atoms with Gasteiger partial charge < -0.3 is 31.4 Å². The number of amides is 2. The Kier molecular flexibility index (Phi) is 7.77. The molecule has 0 spiro atoms. The number of rotatable bonds is 9. The number of carboxylic acids is 1. The van der Waals surface area contributed by atoms with E-state index in [9.17, 15) is 29.4 Å². The highest BCUT2D eigenvalue weighted by molar-refractivity contribution is 6.11. The van der Waals surface area contributed by atoms with Crippen LogP contribution in [0.3, 0.4) is 0 Å². The van der Waals surface area contributed by atoms with Crippen LogP contribution in [-0.2, 0) is 14.4 Å². The second-order valence-electron chi connectivity index (χ2n) is 7.21. The number of hydrogen-bond acceptors (Lipinski definition) is 8. The van der Waals surface area contributed by atoms with E-state index in [2.05, 4.69) is 20.6 Å². The number of aliphatic hydroxyl groups is 1. The number of Topliss-reactive ketones (excluding diaryl/α,β-unsaturated/α-hetero) is 1. The summed E-state index contributed by atoms with van der Waals surface area (Å²) in [5.41, 5.74) is 6.08. The molecule has 0 bridgehead atoms. The summed E-state index contributed by atoms with van der Waals surface area (Å²) in [5, 5.41) is 31.8. The van der Waals surface area contributed by atoms with Gasteiger partial charge in [0, 0.05) is 12.0 Å². The first kappa shape index (κ1) is 24.2. The molecule has 2 heterocycles. The predicted molar refractivity (Wildman–Crippen MR) is 115 cm³/mol. The van der Waals surface area contributed by atoms with Gasteiger partial charge in [-0.1, -0.05) is 0 Å². The largest absolute Gasteiger partial charge is 0.511 e. The summed E-state index contributed by atoms with van der Waals surface area (Å²) in [4.78, 5) is 54.9. The molecule has 170 valence electrons. The van der Waals surface area contributed by atoms with Crippen LogP contribution in [0, 0.1) is 12.3 Å². The number of carboxylic acid groups (broad SMARTS) is 1. The molecule has 12 nitrogen and oxygen atoms in total. The van der Waals surface area contributed by atoms with Crippen molar-refractivity contribution in [3.8, 4) is 0 Å². The Hall–Kier alpha value is -4.09. The SMILES string of the molecule is CC(=O)CC[C@H](NC(=O)c1ccc(NC(=O)CC2=C(O)CC(N)=NC2=N)c(C)n1)C(=O)O. The third-order valence-corrected chi connectivity index (χ3v) is 4.56. The number of ketones is 1. The number of nitrogens with one attached hydrogen (secondary N) is 3. The number of nitrogens with zero attached hydrogens (tertiary/aromatic N) is 2. The Morgan fingerprint density at radius 2 is 1.97 bits per heavy atom. The van der Waals surface area contributed by atoms with E-state index < -0.39 is 23.8 Å². The molecule has 1 aromatic rings. The number of aliphatic hydroxyl groups excluding tert-OH is 1. The molecule has 0 saturated heterocycles. The molecule has 0 saturated carbocycles. The molecule has 0 unspecified atom stereocenters. The zero-order chi connectivity index (χ0) is 24.0. The van der Waals surface area contributed by atoms with Gasteiger partial charge in [0.05, 0.1) is 24.2 Å². The summed E-state index contributed by atoms with van der Waals surface area (Å²) < 4.78 is 0. The minimum Gasteiger partial charge on any atom is -0.511 e. The summed E-state index contributed by atoms with van der Waals surface area (Å²) in [6, 6.07) is 1.50. The normalized spacial score (nSPS) is 14.4. The number of pyridine rings is 1. The molecule has 0 fully saturated rings. The van der Waals surface area contributed by atoms with Gasteiger partial charge in [-0.15, -0.1) is 0 Å². The van der Waals surface area contributed by atoms with E-state index in [0.717, 1.165) is 0 Å². The summed E-state index contributed by atoms with van der Waals surface area (Å²) >= 11 is 0. The smallest absolute Gasteiger partial charge is 0.326 e. The highest BCUT2D eigenvalue weighted by Gasteiger charge is 2.23. The first-order valence-corrected chi connectivity index (χ1v) is 9.61. The summed E-state index contributed by atoms with van der Waals surface area (Å²) in [5.74, 6) is -3.14. The zero-order valence-corrected chi connectivity index (χ0v) is 17.6. The maximum Gasteiger partial charge on any atom is 0.326 e. The number of nitrogens with two attached hydrogens (primary N) is 1. The van der Waals surface area contributed by atoms with Crippen molar-refractivity contribution in [1.82, 2.24) is 10.3 Å². The van der Waals surface area contributed by atoms with Crippen molar-refractivity contribution in [2.45, 2.75) is 45.6 Å². The molecule has 0 aromatic carbocycles. The van der Waals surface area contributed by atoms with Crippen LogP contribution in [-0.4, -0.2) is 56.5 Å². The van der Waals surface area contributed by atoms with Crippen molar-refractivity contribution in [1.29, 1.82) is 5.41 Å². The van der Waals surface area contributed by atoms with Crippen molar-refractivity contribution in [3.05, 3.63) is 34.9 Å². The summed E-state index contributed by atoms with van der Waals surface area (Å²) in [6.07, 6.45) is -0.383. The minimum atomic E-state index is -1.27. The van der Waals surface area contributed by atoms with E-state index in [1.54, 1.807) is 6.92 Å². The average molecular weight is 444 g/mol. The van der Waals surface area contributed by atoms with Crippen molar-refractivity contribution in [2.75, 3.05) is 5.32 Å². The van der Waals surface area contributed by atoms with Crippen molar-refractivity contribution < 1.29 is 29.4 Å². The van der Waals surface area contributed by atoms with Crippen LogP contribution in [0.25, 0.3) is 0 Å². The Bertz CT molecular complexity index is 1050. The standard InChI is InChI=1S/C20H24N6O6/c1-9(27)3-4-14(20(31)32)25-19(30)13-6-5-12(10(2)23-13)24-17(29)7-11-15(28)8-16(21)26-18(11)22/h5-6,14,28H,3-4,7-8H2,1-2H3,(H,24,29)(H,25,30)(H,31,32)(H3,21,22,26)/t14-/m0/s1. The molecule has 2 rings (SSSR count). The molecule has 0 aliphatic carbocycles. The number of aryl methyl sites for hydroxylation is 1. The highest BCUT2D eigenvalue weighted by atomic mass is 16.4. The molecule has 0 radical (unpaired) electrons. The van der Waals surface area contributed by atoms with Crippen LogP contribution in [0.15, 0.2) is 28.5 Å². The summed E-state index contributed by atoms with van der Waals surface area (Å²) in [7, 11) is 0. The number of anilines is 1. The maximum atomic E-state index is 12.4. The lowest BCUT2D eigenvalue weighted by Gasteiger charge is -2.16. The van der Waals surface area contributed by atoms with Gasteiger partial charge in [-0.2, -0.15) is 0 Å². The number of amidine groups is 2. The lowest BCUT2D eigenvalue weighted by atomic mass is 10.0. The number of hydrogen-bond donors (Lipinski definition) is 6. The molecule has 2 amide bonds. The van der Waals surface area contributed by atoms with Crippen molar-refractivity contribution in [2.24, 2.45) is 10.7 Å². The zero-order valence-electron chi connectivity index (χ0n) is 17.6. The van der Waals surface area contributed by atoms with Crippen LogP contribution in [0.4, 0.5) is 5.69 Å². The number of carbonyl (C=O) groups excluding carboxylic acids is 3. The lowest BCUT2D eigenvalue weighted by Crippen LogP contribution is -2.41. The van der Waals surface area contributed by atoms with E-state index in [-0.39, 0.29) is 60.2 Å². The first-order chi connectivity index (χ1) is 15.0. The average Bonchev–Trinajstić information content (AvgIpc) is 2.68. The van der Waals surface area contributed by atoms with Crippen LogP contribution in [0.1, 0.15) is 48.8 Å². The monoisotopic (exact) mass is 444 g/mol. The van der Waals surface area contributed by atoms with Gasteiger partial charge in [-0.3, -0.25) is 15.0 Å². The van der Waals surface area contributed by atoms with Crippen LogP contribution >= 0.6 is 0 Å². The van der Waals surface area contributed by atoms with E-state index >= 15 is 0 Å². The van der Waals surface area contributed by atoms with Crippen LogP contribution < -0.4 is 16.4 Å². The molecule has 7 N–H and O–H groups in total. The molecule has 12 heteroatoms. The molecule has 1 aliphatic heterocycles. The Balaban J connectivity index is 2.05. The fourth-order valence-corrected chi connectivity index (χ4v) is 2.86. The predicted octanol–water partition coefficient (Wildman–Crippen LogP) is 0.821. The van der Waals surface area contributed by atoms with E-state index in [1.807, 2.05) is 0 Å². The Labute approximate surface area is 183 Å². The number of aliphatic carboxylic acids is 1. The lowest BCUT2D eigenvalue weighted by molar-refractivity contribution is -0.139. The second kappa shape index (κ2) is 10.3. The fourth-order valence-electron chi connectivity index (χ4n) is 2.86. The third-order valence-electron chi connectivity index (χ3n) is 4.56. The van der Waals surface area contributed by atoms with Gasteiger partial charge in [0.1, 0.15) is 29.1 Å². The molecule has 1 atom stereocenters. The van der Waals surface area contributed by atoms with Crippen LogP contribution in [0.5, 0.6) is 0 Å². The van der Waals surface area contributed by atoms with Gasteiger partial charge in [0.25, 0.3) is 5.91 Å². The Morgan fingerprint density at radius 1 is 1.28 bits per heavy atom. The van der Waals surface area contributed by atoms with Crippen molar-refractivity contribution in [3.63, 3.8) is 0 Å². The Morgan fingerprint density at radius 3 is 2.53 bits per heavy atom. The topological polar surface area (TPSA) is 208 Å². The molecular formula is C20H24N6O6. The maximum absolute atomic E-state index is 12.4. The number of dihydropyridines is 1. The van der Waals surface area contributed by atoms with Gasteiger partial charge >= 0.3 is 5.97 Å². The van der Waals surface area contributed by atoms with Gasteiger partial charge in [-0.05, 0) is 32.4 Å². The molecule has 1 aliphatic rings. The van der Waals surface area contributed by atoms with E-state index in [1.165, 1.54) is 19.1 Å². The first-order valence-electron chi connectivity index (χ1n) is 9.61. The fraction of sp³-hybridized carbons (Fsp3) is 0.350. The number of carbonyl (C=O) groups is 4.